The van der Waals surface area contributed by atoms with Gasteiger partial charge >= 0.3 is 6.01 Å². The van der Waals surface area contributed by atoms with Gasteiger partial charge in [-0.2, -0.15) is 0 Å². The van der Waals surface area contributed by atoms with Gasteiger partial charge < -0.3 is 9.64 Å². The van der Waals surface area contributed by atoms with E-state index < -0.39 is 0 Å². The number of nitrogens with zero attached hydrogens (tertiary/aromatic N) is 3. The first-order valence-electron chi connectivity index (χ1n) is 6.29. The predicted octanol–water partition coefficient (Wildman–Crippen LogP) is 3.25. The van der Waals surface area contributed by atoms with Crippen LogP contribution in [0.5, 0.6) is 6.01 Å². The number of carbonyl (C=O) groups is 1. The average molecular weight is 389 g/mol. The van der Waals surface area contributed by atoms with E-state index in [1.165, 1.54) is 23.7 Å². The van der Waals surface area contributed by atoms with Crippen molar-refractivity contribution >= 4 is 44.8 Å². The molecule has 8 heteroatoms. The third-order valence-electron chi connectivity index (χ3n) is 3.08. The number of halogens is 2. The number of ether oxygens (including phenoxy) is 1. The fourth-order valence-corrected chi connectivity index (χ4v) is 3.59. The number of amides is 1. The molecular formula is C13H11BrClN3O2S. The topological polar surface area (TPSA) is 55.3 Å². The third kappa shape index (κ3) is 3.53. The van der Waals surface area contributed by atoms with Gasteiger partial charge in [-0.15, -0.1) is 11.3 Å². The van der Waals surface area contributed by atoms with Crippen molar-refractivity contribution in [1.29, 1.82) is 0 Å². The lowest BCUT2D eigenvalue weighted by Gasteiger charge is -2.15. The predicted molar refractivity (Wildman–Crippen MR) is 84.0 cm³/mol. The maximum atomic E-state index is 12.3. The minimum Gasteiger partial charge on any atom is -0.458 e. The largest absolute Gasteiger partial charge is 0.458 e. The summed E-state index contributed by atoms with van der Waals surface area (Å²) in [5.74, 6) is 0.0359. The first-order valence-corrected chi connectivity index (χ1v) is 8.34. The molecule has 0 aliphatic carbocycles. The molecule has 21 heavy (non-hydrogen) atoms. The molecule has 3 heterocycles. The Morgan fingerprint density at radius 2 is 2.24 bits per heavy atom. The Hall–Kier alpha value is -1.18. The molecule has 0 spiro atoms. The van der Waals surface area contributed by atoms with Crippen LogP contribution in [-0.4, -0.2) is 40.0 Å². The molecule has 0 unspecified atom stereocenters. The van der Waals surface area contributed by atoms with Gasteiger partial charge in [0.15, 0.2) is 0 Å². The molecule has 0 radical (unpaired) electrons. The smallest absolute Gasteiger partial charge is 0.316 e. The van der Waals surface area contributed by atoms with E-state index >= 15 is 0 Å². The van der Waals surface area contributed by atoms with E-state index in [0.717, 1.165) is 15.8 Å². The highest BCUT2D eigenvalue weighted by Crippen LogP contribution is 2.24. The maximum absolute atomic E-state index is 12.3. The summed E-state index contributed by atoms with van der Waals surface area (Å²) in [4.78, 5) is 22.8. The molecule has 2 aromatic rings. The summed E-state index contributed by atoms with van der Waals surface area (Å²) in [5, 5.41) is 2.37. The Bertz CT molecular complexity index is 649. The van der Waals surface area contributed by atoms with Gasteiger partial charge in [0.05, 0.1) is 28.8 Å². The molecule has 1 saturated heterocycles. The second-order valence-electron chi connectivity index (χ2n) is 4.59. The Morgan fingerprint density at radius 1 is 1.48 bits per heavy atom. The van der Waals surface area contributed by atoms with Crippen molar-refractivity contribution < 1.29 is 9.53 Å². The molecule has 1 aliphatic heterocycles. The molecule has 0 bridgehead atoms. The molecule has 2 aromatic heterocycles. The molecular weight excluding hydrogens is 378 g/mol. The van der Waals surface area contributed by atoms with E-state index in [-0.39, 0.29) is 18.0 Å². The van der Waals surface area contributed by atoms with E-state index in [2.05, 4.69) is 25.9 Å². The molecule has 0 saturated carbocycles. The summed E-state index contributed by atoms with van der Waals surface area (Å²) >= 11 is 10.5. The Kier molecular flexibility index (Phi) is 4.42. The summed E-state index contributed by atoms with van der Waals surface area (Å²) in [6.07, 6.45) is 3.67. The summed E-state index contributed by atoms with van der Waals surface area (Å²) in [6.45, 7) is 1.22. The standard InChI is InChI=1S/C13H11BrClN3O2S/c14-8-3-11(21-7-8)12(19)18-2-1-10(6-18)20-13-16-4-9(15)5-17-13/h3-5,7,10H,1-2,6H2/t10-/m0/s1. The van der Waals surface area contributed by atoms with Gasteiger partial charge in [-0.3, -0.25) is 4.79 Å². The third-order valence-corrected chi connectivity index (χ3v) is 4.95. The van der Waals surface area contributed by atoms with E-state index in [0.29, 0.717) is 18.1 Å². The molecule has 1 atom stereocenters. The van der Waals surface area contributed by atoms with Crippen molar-refractivity contribution in [3.63, 3.8) is 0 Å². The van der Waals surface area contributed by atoms with Crippen LogP contribution in [0.1, 0.15) is 16.1 Å². The molecule has 5 nitrogen and oxygen atoms in total. The Balaban J connectivity index is 1.60. The van der Waals surface area contributed by atoms with Crippen molar-refractivity contribution in [1.82, 2.24) is 14.9 Å². The molecule has 1 fully saturated rings. The lowest BCUT2D eigenvalue weighted by molar-refractivity contribution is 0.0774. The second-order valence-corrected chi connectivity index (χ2v) is 6.86. The Labute approximate surface area is 139 Å². The number of thiophene rings is 1. The van der Waals surface area contributed by atoms with Gasteiger partial charge in [0.1, 0.15) is 6.10 Å². The highest BCUT2D eigenvalue weighted by atomic mass is 79.9. The van der Waals surface area contributed by atoms with Crippen molar-refractivity contribution in [3.8, 4) is 6.01 Å². The molecule has 0 aromatic carbocycles. The summed E-state index contributed by atoms with van der Waals surface area (Å²) in [6, 6.07) is 2.13. The van der Waals surface area contributed by atoms with Gasteiger partial charge in [-0.25, -0.2) is 9.97 Å². The summed E-state index contributed by atoms with van der Waals surface area (Å²) < 4.78 is 6.60. The monoisotopic (exact) mass is 387 g/mol. The van der Waals surface area contributed by atoms with Crippen LogP contribution in [0.15, 0.2) is 28.3 Å². The van der Waals surface area contributed by atoms with Crippen LogP contribution < -0.4 is 4.74 Å². The van der Waals surface area contributed by atoms with Crippen molar-refractivity contribution in [2.45, 2.75) is 12.5 Å². The molecule has 3 rings (SSSR count). The van der Waals surface area contributed by atoms with Gasteiger partial charge in [0.25, 0.3) is 5.91 Å². The average Bonchev–Trinajstić information content (AvgIpc) is 3.10. The quantitative estimate of drug-likeness (QED) is 0.810. The molecule has 110 valence electrons. The fraction of sp³-hybridized carbons (Fsp3) is 0.308. The SMILES string of the molecule is O=C(c1cc(Br)cs1)N1CC[C@H](Oc2ncc(Cl)cn2)C1. The van der Waals surface area contributed by atoms with E-state index in [1.54, 1.807) is 4.90 Å². The molecule has 1 aliphatic rings. The number of hydrogen-bond acceptors (Lipinski definition) is 5. The number of hydrogen-bond donors (Lipinski definition) is 0. The zero-order chi connectivity index (χ0) is 14.8. The molecule has 0 N–H and O–H groups in total. The van der Waals surface area contributed by atoms with Crippen LogP contribution in [0, 0.1) is 0 Å². The highest BCUT2D eigenvalue weighted by molar-refractivity contribution is 9.10. The number of aromatic nitrogens is 2. The normalized spacial score (nSPS) is 18.0. The van der Waals surface area contributed by atoms with E-state index in [1.807, 2.05) is 11.4 Å². The van der Waals surface area contributed by atoms with Crippen LogP contribution >= 0.6 is 38.9 Å². The fourth-order valence-electron chi connectivity index (χ4n) is 2.10. The van der Waals surface area contributed by atoms with E-state index in [9.17, 15) is 4.79 Å². The van der Waals surface area contributed by atoms with Gasteiger partial charge in [-0.05, 0) is 22.0 Å². The van der Waals surface area contributed by atoms with Gasteiger partial charge in [0, 0.05) is 22.8 Å². The minimum absolute atomic E-state index is 0.0359. The van der Waals surface area contributed by atoms with Crippen molar-refractivity contribution in [2.75, 3.05) is 13.1 Å². The van der Waals surface area contributed by atoms with Gasteiger partial charge in [-0.1, -0.05) is 11.6 Å². The van der Waals surface area contributed by atoms with Gasteiger partial charge in [0.2, 0.25) is 0 Å². The second kappa shape index (κ2) is 6.29. The minimum atomic E-state index is -0.0847. The lowest BCUT2D eigenvalue weighted by atomic mass is 10.3. The van der Waals surface area contributed by atoms with Crippen LogP contribution in [-0.2, 0) is 0 Å². The van der Waals surface area contributed by atoms with Crippen LogP contribution in [0.3, 0.4) is 0 Å². The van der Waals surface area contributed by atoms with Crippen LogP contribution in [0.4, 0.5) is 0 Å². The number of likely N-dealkylation sites (tertiary alicyclic amines) is 1. The highest BCUT2D eigenvalue weighted by Gasteiger charge is 2.29. The summed E-state index contributed by atoms with van der Waals surface area (Å²) in [5.41, 5.74) is 0. The maximum Gasteiger partial charge on any atom is 0.316 e. The van der Waals surface area contributed by atoms with Crippen LogP contribution in [0.2, 0.25) is 5.02 Å². The summed E-state index contributed by atoms with van der Waals surface area (Å²) in [7, 11) is 0. The first kappa shape index (κ1) is 14.7. The lowest BCUT2D eigenvalue weighted by Crippen LogP contribution is -2.30. The van der Waals surface area contributed by atoms with Crippen LogP contribution in [0.25, 0.3) is 0 Å². The number of rotatable bonds is 3. The number of carbonyl (C=O) groups excluding carboxylic acids is 1. The zero-order valence-electron chi connectivity index (χ0n) is 10.8. The van der Waals surface area contributed by atoms with Crippen molar-refractivity contribution in [3.05, 3.63) is 38.2 Å². The zero-order valence-corrected chi connectivity index (χ0v) is 14.0. The molecule has 1 amide bonds. The van der Waals surface area contributed by atoms with Crippen molar-refractivity contribution in [2.24, 2.45) is 0 Å². The first-order chi connectivity index (χ1) is 10.1. The van der Waals surface area contributed by atoms with E-state index in [4.69, 9.17) is 16.3 Å². The Morgan fingerprint density at radius 3 is 2.90 bits per heavy atom.